The molecule has 2 aromatic rings. The zero-order valence-electron chi connectivity index (χ0n) is 15.1. The molecule has 0 fully saturated rings. The number of amides is 2. The highest BCUT2D eigenvalue weighted by atomic mass is 35.5. The summed E-state index contributed by atoms with van der Waals surface area (Å²) in [5.41, 5.74) is 0.746. The van der Waals surface area contributed by atoms with Gasteiger partial charge in [0.1, 0.15) is 17.6 Å². The molecule has 138 valence electrons. The molecule has 1 aromatic heterocycles. The van der Waals surface area contributed by atoms with Crippen molar-refractivity contribution in [1.82, 2.24) is 15.6 Å². The van der Waals surface area contributed by atoms with Gasteiger partial charge in [-0.25, -0.2) is 9.37 Å². The molecule has 0 radical (unpaired) electrons. The maximum Gasteiger partial charge on any atom is 0.270 e. The van der Waals surface area contributed by atoms with Crippen LogP contribution in [0.2, 0.25) is 5.02 Å². The van der Waals surface area contributed by atoms with Crippen molar-refractivity contribution in [2.45, 2.75) is 26.8 Å². The molecule has 5 nitrogen and oxygen atoms in total. The molecule has 1 heterocycles. The molecule has 2 N–H and O–H groups in total. The summed E-state index contributed by atoms with van der Waals surface area (Å²) in [5.74, 6) is -1.28. The van der Waals surface area contributed by atoms with Crippen molar-refractivity contribution in [3.63, 3.8) is 0 Å². The molecule has 0 bridgehead atoms. The van der Waals surface area contributed by atoms with E-state index in [4.69, 9.17) is 11.6 Å². The Morgan fingerprint density at radius 3 is 2.46 bits per heavy atom. The van der Waals surface area contributed by atoms with E-state index in [9.17, 15) is 14.0 Å². The van der Waals surface area contributed by atoms with Crippen molar-refractivity contribution in [2.75, 3.05) is 7.05 Å². The van der Waals surface area contributed by atoms with Crippen LogP contribution in [0.25, 0.3) is 11.3 Å². The van der Waals surface area contributed by atoms with E-state index < -0.39 is 23.2 Å². The van der Waals surface area contributed by atoms with Crippen molar-refractivity contribution in [1.29, 1.82) is 0 Å². The number of likely N-dealkylation sites (N-methyl/N-ethyl adjacent to an activating group) is 1. The lowest BCUT2D eigenvalue weighted by Crippen LogP contribution is -2.53. The third kappa shape index (κ3) is 4.58. The summed E-state index contributed by atoms with van der Waals surface area (Å²) in [4.78, 5) is 29.0. The van der Waals surface area contributed by atoms with Crippen LogP contribution in [0, 0.1) is 11.2 Å². The Balaban J connectivity index is 2.30. The normalized spacial score (nSPS) is 12.4. The first-order valence-corrected chi connectivity index (χ1v) is 8.46. The SMILES string of the molecule is CNC(=O)[C@@H](NC(=O)c1cccc(-c2ccc(F)c(Cl)c2)n1)C(C)(C)C. The van der Waals surface area contributed by atoms with Crippen LogP contribution in [0.5, 0.6) is 0 Å². The number of rotatable bonds is 4. The van der Waals surface area contributed by atoms with Gasteiger partial charge in [0, 0.05) is 12.6 Å². The van der Waals surface area contributed by atoms with Gasteiger partial charge in [-0.3, -0.25) is 9.59 Å². The van der Waals surface area contributed by atoms with E-state index in [1.807, 2.05) is 20.8 Å². The highest BCUT2D eigenvalue weighted by molar-refractivity contribution is 6.31. The molecule has 2 rings (SSSR count). The van der Waals surface area contributed by atoms with Crippen molar-refractivity contribution >= 4 is 23.4 Å². The monoisotopic (exact) mass is 377 g/mol. The molecule has 0 aliphatic rings. The lowest BCUT2D eigenvalue weighted by atomic mass is 9.86. The van der Waals surface area contributed by atoms with E-state index in [1.54, 1.807) is 18.2 Å². The standard InChI is InChI=1S/C19H21ClFN3O2/c1-19(2,3)16(18(26)22-4)24-17(25)15-7-5-6-14(23-15)11-8-9-13(21)12(20)10-11/h5-10,16H,1-4H3,(H,22,26)(H,24,25)/t16-/m1/s1. The second-order valence-electron chi connectivity index (χ2n) is 6.92. The van der Waals surface area contributed by atoms with E-state index in [0.717, 1.165) is 0 Å². The van der Waals surface area contributed by atoms with Gasteiger partial charge >= 0.3 is 0 Å². The van der Waals surface area contributed by atoms with Crippen molar-refractivity contribution in [3.05, 3.63) is 52.9 Å². The number of nitrogens with one attached hydrogen (secondary N) is 2. The van der Waals surface area contributed by atoms with Crippen LogP contribution < -0.4 is 10.6 Å². The van der Waals surface area contributed by atoms with Crippen molar-refractivity contribution in [3.8, 4) is 11.3 Å². The molecule has 0 saturated carbocycles. The third-order valence-corrected chi connectivity index (χ3v) is 4.14. The Labute approximate surface area is 157 Å². The lowest BCUT2D eigenvalue weighted by molar-refractivity contribution is -0.124. The summed E-state index contributed by atoms with van der Waals surface area (Å²) < 4.78 is 13.3. The molecule has 0 saturated heterocycles. The van der Waals surface area contributed by atoms with E-state index >= 15 is 0 Å². The molecule has 1 atom stereocenters. The molecule has 26 heavy (non-hydrogen) atoms. The third-order valence-electron chi connectivity index (χ3n) is 3.85. The molecule has 0 aliphatic carbocycles. The number of aromatic nitrogens is 1. The smallest absolute Gasteiger partial charge is 0.270 e. The number of hydrogen-bond acceptors (Lipinski definition) is 3. The van der Waals surface area contributed by atoms with E-state index in [0.29, 0.717) is 11.3 Å². The van der Waals surface area contributed by atoms with Gasteiger partial charge in [0.25, 0.3) is 5.91 Å². The Kier molecular flexibility index (Phi) is 5.97. The fraction of sp³-hybridized carbons (Fsp3) is 0.316. The van der Waals surface area contributed by atoms with Crippen LogP contribution in [-0.4, -0.2) is 29.9 Å². The van der Waals surface area contributed by atoms with Gasteiger partial charge in [-0.05, 0) is 35.7 Å². The molecule has 0 unspecified atom stereocenters. The minimum absolute atomic E-state index is 0.0217. The number of hydrogen-bond donors (Lipinski definition) is 2. The number of nitrogens with zero attached hydrogens (tertiary/aromatic N) is 1. The maximum atomic E-state index is 13.3. The maximum absolute atomic E-state index is 13.3. The minimum atomic E-state index is -0.717. The summed E-state index contributed by atoms with van der Waals surface area (Å²) in [6, 6.07) is 8.42. The molecule has 0 spiro atoms. The summed E-state index contributed by atoms with van der Waals surface area (Å²) in [6.07, 6.45) is 0. The molecule has 1 aromatic carbocycles. The zero-order chi connectivity index (χ0) is 19.5. The first-order chi connectivity index (χ1) is 12.1. The van der Waals surface area contributed by atoms with Crippen LogP contribution in [-0.2, 0) is 4.79 Å². The van der Waals surface area contributed by atoms with E-state index in [2.05, 4.69) is 15.6 Å². The van der Waals surface area contributed by atoms with Crippen LogP contribution >= 0.6 is 11.6 Å². The van der Waals surface area contributed by atoms with Gasteiger partial charge in [-0.2, -0.15) is 0 Å². The van der Waals surface area contributed by atoms with Gasteiger partial charge in [-0.1, -0.05) is 38.4 Å². The average Bonchev–Trinajstić information content (AvgIpc) is 2.60. The van der Waals surface area contributed by atoms with E-state index in [-0.39, 0.29) is 16.6 Å². The molecule has 2 amide bonds. The summed E-state index contributed by atoms with van der Waals surface area (Å²) in [5, 5.41) is 5.25. The molecular formula is C19H21ClFN3O2. The predicted octanol–water partition coefficient (Wildman–Crippen LogP) is 3.43. The Morgan fingerprint density at radius 1 is 1.19 bits per heavy atom. The van der Waals surface area contributed by atoms with E-state index in [1.165, 1.54) is 25.2 Å². The Morgan fingerprint density at radius 2 is 1.88 bits per heavy atom. The molecule has 7 heteroatoms. The number of carbonyl (C=O) groups excluding carboxylic acids is 2. The average molecular weight is 378 g/mol. The largest absolute Gasteiger partial charge is 0.357 e. The fourth-order valence-corrected chi connectivity index (χ4v) is 2.58. The van der Waals surface area contributed by atoms with Gasteiger partial charge in [0.15, 0.2) is 0 Å². The summed E-state index contributed by atoms with van der Waals surface area (Å²) in [7, 11) is 1.52. The molecule has 0 aliphatic heterocycles. The second kappa shape index (κ2) is 7.83. The molecular weight excluding hydrogens is 357 g/mol. The second-order valence-corrected chi connectivity index (χ2v) is 7.33. The number of carbonyl (C=O) groups is 2. The van der Waals surface area contributed by atoms with Gasteiger partial charge < -0.3 is 10.6 Å². The first kappa shape index (κ1) is 19.8. The highest BCUT2D eigenvalue weighted by Gasteiger charge is 2.32. The number of pyridine rings is 1. The van der Waals surface area contributed by atoms with Gasteiger partial charge in [0.05, 0.1) is 10.7 Å². The van der Waals surface area contributed by atoms with Crippen LogP contribution in [0.15, 0.2) is 36.4 Å². The topological polar surface area (TPSA) is 71.1 Å². The van der Waals surface area contributed by atoms with Crippen LogP contribution in [0.3, 0.4) is 0 Å². The van der Waals surface area contributed by atoms with Crippen LogP contribution in [0.1, 0.15) is 31.3 Å². The van der Waals surface area contributed by atoms with Gasteiger partial charge in [-0.15, -0.1) is 0 Å². The lowest BCUT2D eigenvalue weighted by Gasteiger charge is -2.29. The van der Waals surface area contributed by atoms with Crippen molar-refractivity contribution < 1.29 is 14.0 Å². The summed E-state index contributed by atoms with van der Waals surface area (Å²) >= 11 is 5.81. The zero-order valence-corrected chi connectivity index (χ0v) is 15.8. The quantitative estimate of drug-likeness (QED) is 0.857. The number of benzene rings is 1. The number of halogens is 2. The predicted molar refractivity (Wildman–Crippen MR) is 99.4 cm³/mol. The van der Waals surface area contributed by atoms with Crippen molar-refractivity contribution in [2.24, 2.45) is 5.41 Å². The fourth-order valence-electron chi connectivity index (χ4n) is 2.40. The summed E-state index contributed by atoms with van der Waals surface area (Å²) in [6.45, 7) is 5.58. The minimum Gasteiger partial charge on any atom is -0.357 e. The highest BCUT2D eigenvalue weighted by Crippen LogP contribution is 2.24. The Bertz CT molecular complexity index is 834. The van der Waals surface area contributed by atoms with Gasteiger partial charge in [0.2, 0.25) is 5.91 Å². The van der Waals surface area contributed by atoms with Crippen LogP contribution in [0.4, 0.5) is 4.39 Å². The Hall–Kier alpha value is -2.47. The first-order valence-electron chi connectivity index (χ1n) is 8.08.